The number of amides is 1. The predicted octanol–water partition coefficient (Wildman–Crippen LogP) is 0.765. The minimum Gasteiger partial charge on any atom is -0.355 e. The molecule has 1 aromatic carbocycles. The molecule has 0 unspecified atom stereocenters. The summed E-state index contributed by atoms with van der Waals surface area (Å²) in [6.45, 7) is 7.41. The topological polar surface area (TPSA) is 69.7 Å². The van der Waals surface area contributed by atoms with Gasteiger partial charge in [0.2, 0.25) is 15.9 Å². The summed E-state index contributed by atoms with van der Waals surface area (Å²) in [5, 5.41) is 2.88. The first-order valence-corrected chi connectivity index (χ1v) is 9.40. The van der Waals surface area contributed by atoms with Crippen LogP contribution in [0.15, 0.2) is 35.2 Å². The van der Waals surface area contributed by atoms with Gasteiger partial charge in [0, 0.05) is 45.2 Å². The molecule has 1 aliphatic rings. The van der Waals surface area contributed by atoms with Crippen molar-refractivity contribution in [3.63, 3.8) is 0 Å². The largest absolute Gasteiger partial charge is 0.355 e. The third kappa shape index (κ3) is 4.76. The van der Waals surface area contributed by atoms with Gasteiger partial charge >= 0.3 is 0 Å². The van der Waals surface area contributed by atoms with Crippen LogP contribution in [0.2, 0.25) is 0 Å². The lowest BCUT2D eigenvalue weighted by Gasteiger charge is -2.34. The third-order valence-corrected chi connectivity index (χ3v) is 5.88. The van der Waals surface area contributed by atoms with Crippen LogP contribution in [0.4, 0.5) is 0 Å². The van der Waals surface area contributed by atoms with Crippen LogP contribution in [0, 0.1) is 5.92 Å². The van der Waals surface area contributed by atoms with Crippen molar-refractivity contribution in [2.24, 2.45) is 5.92 Å². The zero-order chi connectivity index (χ0) is 16.9. The maximum atomic E-state index is 12.5. The van der Waals surface area contributed by atoms with E-state index in [0.29, 0.717) is 37.6 Å². The molecule has 128 valence electrons. The Labute approximate surface area is 138 Å². The summed E-state index contributed by atoms with van der Waals surface area (Å²) in [5.41, 5.74) is 0. The van der Waals surface area contributed by atoms with E-state index in [9.17, 15) is 13.2 Å². The quantitative estimate of drug-likeness (QED) is 0.831. The maximum absolute atomic E-state index is 12.5. The zero-order valence-corrected chi connectivity index (χ0v) is 14.6. The van der Waals surface area contributed by atoms with Crippen molar-refractivity contribution in [3.05, 3.63) is 30.3 Å². The first-order chi connectivity index (χ1) is 10.9. The first kappa shape index (κ1) is 17.9. The van der Waals surface area contributed by atoms with E-state index in [0.717, 1.165) is 6.54 Å². The molecular weight excluding hydrogens is 314 g/mol. The molecule has 0 spiro atoms. The average molecular weight is 339 g/mol. The number of carbonyl (C=O) groups is 1. The fourth-order valence-corrected chi connectivity index (χ4v) is 3.92. The van der Waals surface area contributed by atoms with Crippen molar-refractivity contribution in [2.75, 3.05) is 39.3 Å². The number of piperazine rings is 1. The van der Waals surface area contributed by atoms with E-state index in [2.05, 4.69) is 10.2 Å². The molecule has 1 saturated heterocycles. The van der Waals surface area contributed by atoms with Crippen LogP contribution in [0.3, 0.4) is 0 Å². The SMILES string of the molecule is CC(C)C(=O)NCCN1CCN(S(=O)(=O)c2ccccc2)CC1. The van der Waals surface area contributed by atoms with Crippen molar-refractivity contribution in [1.29, 1.82) is 0 Å². The Kier molecular flexibility index (Phi) is 6.15. The van der Waals surface area contributed by atoms with Gasteiger partial charge in [-0.1, -0.05) is 32.0 Å². The van der Waals surface area contributed by atoms with Crippen molar-refractivity contribution >= 4 is 15.9 Å². The van der Waals surface area contributed by atoms with Crippen LogP contribution in [0.25, 0.3) is 0 Å². The maximum Gasteiger partial charge on any atom is 0.243 e. The van der Waals surface area contributed by atoms with Crippen molar-refractivity contribution in [1.82, 2.24) is 14.5 Å². The van der Waals surface area contributed by atoms with Gasteiger partial charge in [0.05, 0.1) is 4.90 Å². The highest BCUT2D eigenvalue weighted by Gasteiger charge is 2.28. The molecule has 1 heterocycles. The van der Waals surface area contributed by atoms with Gasteiger partial charge in [-0.2, -0.15) is 4.31 Å². The molecule has 7 heteroatoms. The van der Waals surface area contributed by atoms with E-state index in [-0.39, 0.29) is 11.8 Å². The number of sulfonamides is 1. The number of nitrogens with zero attached hydrogens (tertiary/aromatic N) is 2. The molecule has 0 atom stereocenters. The fourth-order valence-electron chi connectivity index (χ4n) is 2.48. The zero-order valence-electron chi connectivity index (χ0n) is 13.7. The summed E-state index contributed by atoms with van der Waals surface area (Å²) in [5.74, 6) is 0.0400. The average Bonchev–Trinajstić information content (AvgIpc) is 2.56. The summed E-state index contributed by atoms with van der Waals surface area (Å²) in [7, 11) is -3.39. The van der Waals surface area contributed by atoms with Crippen LogP contribution in [-0.4, -0.2) is 62.8 Å². The second-order valence-electron chi connectivity index (χ2n) is 6.00. The molecule has 1 N–H and O–H groups in total. The third-order valence-electron chi connectivity index (χ3n) is 3.96. The van der Waals surface area contributed by atoms with E-state index >= 15 is 0 Å². The Balaban J connectivity index is 1.81. The molecule has 6 nitrogen and oxygen atoms in total. The van der Waals surface area contributed by atoms with E-state index in [1.807, 2.05) is 19.9 Å². The normalized spacial score (nSPS) is 17.3. The van der Waals surface area contributed by atoms with Gasteiger partial charge in [-0.15, -0.1) is 0 Å². The van der Waals surface area contributed by atoms with Crippen LogP contribution >= 0.6 is 0 Å². The Bertz CT molecular complexity index is 609. The van der Waals surface area contributed by atoms with Gasteiger partial charge in [0.15, 0.2) is 0 Å². The van der Waals surface area contributed by atoms with Crippen molar-refractivity contribution in [3.8, 4) is 0 Å². The lowest BCUT2D eigenvalue weighted by atomic mass is 10.2. The highest BCUT2D eigenvalue weighted by atomic mass is 32.2. The number of hydrogen-bond donors (Lipinski definition) is 1. The summed E-state index contributed by atoms with van der Waals surface area (Å²) in [6, 6.07) is 8.54. The lowest BCUT2D eigenvalue weighted by molar-refractivity contribution is -0.124. The van der Waals surface area contributed by atoms with E-state index in [1.165, 1.54) is 4.31 Å². The molecule has 1 aliphatic heterocycles. The van der Waals surface area contributed by atoms with Gasteiger partial charge in [-0.3, -0.25) is 9.69 Å². The predicted molar refractivity (Wildman–Crippen MR) is 89.5 cm³/mol. The summed E-state index contributed by atoms with van der Waals surface area (Å²) in [4.78, 5) is 14.0. The number of carbonyl (C=O) groups excluding carboxylic acids is 1. The minimum absolute atomic E-state index is 0.0112. The number of benzene rings is 1. The van der Waals surface area contributed by atoms with E-state index in [4.69, 9.17) is 0 Å². The standard InChI is InChI=1S/C16H25N3O3S/c1-14(2)16(20)17-8-9-18-10-12-19(13-11-18)23(21,22)15-6-4-3-5-7-15/h3-7,14H,8-13H2,1-2H3,(H,17,20). The molecule has 1 aromatic rings. The van der Waals surface area contributed by atoms with Gasteiger partial charge in [0.1, 0.15) is 0 Å². The Morgan fingerprint density at radius 1 is 1.13 bits per heavy atom. The van der Waals surface area contributed by atoms with Crippen LogP contribution < -0.4 is 5.32 Å². The van der Waals surface area contributed by atoms with Crippen LogP contribution in [0.5, 0.6) is 0 Å². The smallest absolute Gasteiger partial charge is 0.243 e. The Morgan fingerprint density at radius 3 is 2.30 bits per heavy atom. The molecule has 0 aliphatic carbocycles. The summed E-state index contributed by atoms with van der Waals surface area (Å²) in [6.07, 6.45) is 0. The molecule has 0 radical (unpaired) electrons. The molecular formula is C16H25N3O3S. The first-order valence-electron chi connectivity index (χ1n) is 7.96. The number of nitrogens with one attached hydrogen (secondary N) is 1. The highest BCUT2D eigenvalue weighted by Crippen LogP contribution is 2.16. The summed E-state index contributed by atoms with van der Waals surface area (Å²) < 4.78 is 26.6. The van der Waals surface area contributed by atoms with Gasteiger partial charge in [-0.25, -0.2) is 8.42 Å². The Morgan fingerprint density at radius 2 is 1.74 bits per heavy atom. The molecule has 0 bridgehead atoms. The molecule has 1 amide bonds. The molecule has 0 aromatic heterocycles. The number of hydrogen-bond acceptors (Lipinski definition) is 4. The van der Waals surface area contributed by atoms with Crippen LogP contribution in [0.1, 0.15) is 13.8 Å². The lowest BCUT2D eigenvalue weighted by Crippen LogP contribution is -2.50. The van der Waals surface area contributed by atoms with Gasteiger partial charge < -0.3 is 5.32 Å². The highest BCUT2D eigenvalue weighted by molar-refractivity contribution is 7.89. The fraction of sp³-hybridized carbons (Fsp3) is 0.562. The van der Waals surface area contributed by atoms with E-state index in [1.54, 1.807) is 24.3 Å². The molecule has 2 rings (SSSR count). The second-order valence-corrected chi connectivity index (χ2v) is 7.94. The van der Waals surface area contributed by atoms with Gasteiger partial charge in [0.25, 0.3) is 0 Å². The van der Waals surface area contributed by atoms with Crippen molar-refractivity contribution < 1.29 is 13.2 Å². The number of rotatable bonds is 6. The van der Waals surface area contributed by atoms with E-state index < -0.39 is 10.0 Å². The van der Waals surface area contributed by atoms with Crippen LogP contribution in [-0.2, 0) is 14.8 Å². The van der Waals surface area contributed by atoms with Gasteiger partial charge in [-0.05, 0) is 12.1 Å². The molecule has 0 saturated carbocycles. The molecule has 1 fully saturated rings. The Hall–Kier alpha value is -1.44. The monoisotopic (exact) mass is 339 g/mol. The minimum atomic E-state index is -3.39. The van der Waals surface area contributed by atoms with Crippen molar-refractivity contribution in [2.45, 2.75) is 18.7 Å². The summed E-state index contributed by atoms with van der Waals surface area (Å²) >= 11 is 0. The second kappa shape index (κ2) is 7.90. The molecule has 23 heavy (non-hydrogen) atoms.